The van der Waals surface area contributed by atoms with Crippen molar-refractivity contribution in [3.63, 3.8) is 0 Å². The molecule has 1 aromatic heterocycles. The van der Waals surface area contributed by atoms with Crippen molar-refractivity contribution in [2.24, 2.45) is 0 Å². The lowest BCUT2D eigenvalue weighted by atomic mass is 9.76. The molecule has 2 aliphatic rings. The van der Waals surface area contributed by atoms with E-state index in [-0.39, 0.29) is 28.6 Å². The average Bonchev–Trinajstić information content (AvgIpc) is 3.23. The predicted octanol–water partition coefficient (Wildman–Crippen LogP) is 6.19. The molecule has 7 nitrogen and oxygen atoms in total. The van der Waals surface area contributed by atoms with E-state index >= 15 is 0 Å². The lowest BCUT2D eigenvalue weighted by molar-refractivity contribution is -0.137. The van der Waals surface area contributed by atoms with E-state index in [4.69, 9.17) is 16.3 Å². The van der Waals surface area contributed by atoms with Crippen molar-refractivity contribution in [2.75, 3.05) is 18.4 Å². The molecule has 0 bridgehead atoms. The van der Waals surface area contributed by atoms with Crippen LogP contribution in [0.15, 0.2) is 30.6 Å². The number of nitrogens with one attached hydrogen (secondary N) is 1. The summed E-state index contributed by atoms with van der Waals surface area (Å²) in [6, 6.07) is 2.87. The summed E-state index contributed by atoms with van der Waals surface area (Å²) in [6.07, 6.45) is 2.27. The predicted molar refractivity (Wildman–Crippen MR) is 129 cm³/mol. The van der Waals surface area contributed by atoms with Crippen LogP contribution in [0, 0.1) is 0 Å². The fraction of sp³-hybridized carbons (Fsp3) is 0.560. The Balaban J connectivity index is 1.42. The lowest BCUT2D eigenvalue weighted by Gasteiger charge is -2.40. The number of benzene rings is 1. The second kappa shape index (κ2) is 9.61. The third-order valence-corrected chi connectivity index (χ3v) is 7.12. The van der Waals surface area contributed by atoms with Gasteiger partial charge < -0.3 is 15.0 Å². The minimum absolute atomic E-state index is 0.128. The molecular weight excluding hydrogens is 497 g/mol. The van der Waals surface area contributed by atoms with Gasteiger partial charge in [0.05, 0.1) is 22.5 Å². The van der Waals surface area contributed by atoms with Crippen molar-refractivity contribution in [3.05, 3.63) is 46.7 Å². The fourth-order valence-corrected chi connectivity index (χ4v) is 4.83. The number of carbonyl (C=O) groups excluding carboxylic acids is 2. The molecule has 36 heavy (non-hydrogen) atoms. The molecule has 2 aromatic rings. The highest BCUT2D eigenvalue weighted by molar-refractivity contribution is 6.33. The van der Waals surface area contributed by atoms with Gasteiger partial charge in [0.1, 0.15) is 11.1 Å². The highest BCUT2D eigenvalue weighted by Crippen LogP contribution is 2.42. The quantitative estimate of drug-likeness (QED) is 0.515. The molecule has 11 heteroatoms. The first-order valence-corrected chi connectivity index (χ1v) is 12.4. The minimum Gasteiger partial charge on any atom is -0.444 e. The normalized spacial score (nSPS) is 18.5. The zero-order valence-electron chi connectivity index (χ0n) is 20.5. The number of anilines is 1. The molecule has 2 heterocycles. The molecule has 4 rings (SSSR count). The van der Waals surface area contributed by atoms with E-state index in [0.29, 0.717) is 25.9 Å². The smallest absolute Gasteiger partial charge is 0.416 e. The number of carbonyl (C=O) groups is 2. The molecule has 0 spiro atoms. The molecule has 196 valence electrons. The van der Waals surface area contributed by atoms with Crippen LogP contribution in [0.2, 0.25) is 5.02 Å². The fourth-order valence-electron chi connectivity index (χ4n) is 4.61. The van der Waals surface area contributed by atoms with Crippen LogP contribution >= 0.6 is 11.6 Å². The number of halogens is 4. The number of hydrogen-bond acceptors (Lipinski definition) is 4. The van der Waals surface area contributed by atoms with Crippen LogP contribution in [0.4, 0.5) is 23.7 Å². The van der Waals surface area contributed by atoms with Crippen LogP contribution in [0.1, 0.15) is 69.9 Å². The average molecular weight is 527 g/mol. The largest absolute Gasteiger partial charge is 0.444 e. The van der Waals surface area contributed by atoms with Gasteiger partial charge in [-0.2, -0.15) is 18.3 Å². The van der Waals surface area contributed by atoms with E-state index in [1.165, 1.54) is 6.07 Å². The maximum absolute atomic E-state index is 13.3. The zero-order chi connectivity index (χ0) is 26.3. The molecule has 2 amide bonds. The Labute approximate surface area is 212 Å². The maximum Gasteiger partial charge on any atom is 0.416 e. The molecule has 0 unspecified atom stereocenters. The van der Waals surface area contributed by atoms with Gasteiger partial charge in [0.25, 0.3) is 5.91 Å². The number of piperidine rings is 1. The van der Waals surface area contributed by atoms with Gasteiger partial charge in [0, 0.05) is 19.3 Å². The van der Waals surface area contributed by atoms with E-state index in [1.54, 1.807) is 15.8 Å². The Morgan fingerprint density at radius 3 is 2.36 bits per heavy atom. The van der Waals surface area contributed by atoms with Gasteiger partial charge in [0.15, 0.2) is 0 Å². The summed E-state index contributed by atoms with van der Waals surface area (Å²) in [5, 5.41) is 7.01. The van der Waals surface area contributed by atoms with Crippen LogP contribution in [-0.2, 0) is 21.2 Å². The molecule has 1 saturated carbocycles. The van der Waals surface area contributed by atoms with Crippen LogP contribution in [0.5, 0.6) is 0 Å². The van der Waals surface area contributed by atoms with E-state index in [1.807, 2.05) is 27.0 Å². The molecule has 0 radical (unpaired) electrons. The van der Waals surface area contributed by atoms with Gasteiger partial charge in [-0.25, -0.2) is 4.79 Å². The third-order valence-electron chi connectivity index (χ3n) is 6.81. The number of likely N-dealkylation sites (tertiary alicyclic amines) is 1. The van der Waals surface area contributed by atoms with Gasteiger partial charge in [-0.15, -0.1) is 0 Å². The first-order chi connectivity index (χ1) is 16.8. The standard InChI is InChI=1S/C25H30ClF3N4O3/c1-23(2,3)36-22(35)32-11-7-16(8-12-32)17-14-30-33(15-17)24(9-4-10-24)21(34)31-20-6-5-18(13-19(20)26)25(27,28)29/h5-6,13-16H,4,7-12H2,1-3H3,(H,31,34). The summed E-state index contributed by atoms with van der Waals surface area (Å²) >= 11 is 6.04. The minimum atomic E-state index is -4.52. The topological polar surface area (TPSA) is 76.5 Å². The van der Waals surface area contributed by atoms with E-state index < -0.39 is 22.9 Å². The first kappa shape index (κ1) is 26.3. The summed E-state index contributed by atoms with van der Waals surface area (Å²) in [6.45, 7) is 6.66. The monoisotopic (exact) mass is 526 g/mol. The molecule has 2 fully saturated rings. The van der Waals surface area contributed by atoms with Crippen molar-refractivity contribution >= 4 is 29.3 Å². The van der Waals surface area contributed by atoms with Crippen molar-refractivity contribution in [1.29, 1.82) is 0 Å². The van der Waals surface area contributed by atoms with E-state index in [2.05, 4.69) is 10.4 Å². The number of rotatable bonds is 4. The highest BCUT2D eigenvalue weighted by Gasteiger charge is 2.47. The number of ether oxygens (including phenoxy) is 1. The Hall–Kier alpha value is -2.75. The summed E-state index contributed by atoms with van der Waals surface area (Å²) in [5.74, 6) is -0.160. The van der Waals surface area contributed by atoms with E-state index in [0.717, 1.165) is 37.0 Å². The van der Waals surface area contributed by atoms with E-state index in [9.17, 15) is 22.8 Å². The van der Waals surface area contributed by atoms with Gasteiger partial charge in [-0.3, -0.25) is 9.48 Å². The van der Waals surface area contributed by atoms with Gasteiger partial charge in [-0.1, -0.05) is 11.6 Å². The Morgan fingerprint density at radius 1 is 1.17 bits per heavy atom. The number of hydrogen-bond donors (Lipinski definition) is 1. The summed E-state index contributed by atoms with van der Waals surface area (Å²) < 4.78 is 45.9. The van der Waals surface area contributed by atoms with Crippen LogP contribution in [0.3, 0.4) is 0 Å². The molecule has 1 N–H and O–H groups in total. The molecule has 1 aliphatic carbocycles. The van der Waals surface area contributed by atoms with Gasteiger partial charge in [0.2, 0.25) is 0 Å². The first-order valence-electron chi connectivity index (χ1n) is 12.0. The SMILES string of the molecule is CC(C)(C)OC(=O)N1CCC(c2cnn(C3(C(=O)Nc4ccc(C(F)(F)F)cc4Cl)CCC3)c2)CC1. The molecule has 1 aromatic carbocycles. The Bertz CT molecular complexity index is 1130. The zero-order valence-corrected chi connectivity index (χ0v) is 21.2. The number of amides is 2. The van der Waals surface area contributed by atoms with Crippen molar-refractivity contribution < 1.29 is 27.5 Å². The van der Waals surface area contributed by atoms with Crippen molar-refractivity contribution in [3.8, 4) is 0 Å². The molecular formula is C25H30ClF3N4O3. The van der Waals surface area contributed by atoms with Crippen molar-refractivity contribution in [2.45, 2.75) is 76.1 Å². The highest BCUT2D eigenvalue weighted by atomic mass is 35.5. The molecule has 1 saturated heterocycles. The summed E-state index contributed by atoms with van der Waals surface area (Å²) in [5.41, 5.74) is -1.22. The molecule has 1 aliphatic heterocycles. The van der Waals surface area contributed by atoms with Crippen molar-refractivity contribution in [1.82, 2.24) is 14.7 Å². The Morgan fingerprint density at radius 2 is 1.83 bits per heavy atom. The summed E-state index contributed by atoms with van der Waals surface area (Å²) in [7, 11) is 0. The van der Waals surface area contributed by atoms with Crippen LogP contribution < -0.4 is 5.32 Å². The third kappa shape index (κ3) is 5.48. The maximum atomic E-state index is 13.3. The number of alkyl halides is 3. The molecule has 0 atom stereocenters. The second-order valence-corrected chi connectivity index (χ2v) is 10.9. The second-order valence-electron chi connectivity index (χ2n) is 10.5. The van der Waals surface area contributed by atoms with Gasteiger partial charge in [-0.05, 0) is 82.6 Å². The van der Waals surface area contributed by atoms with Crippen LogP contribution in [0.25, 0.3) is 0 Å². The summed E-state index contributed by atoms with van der Waals surface area (Å²) in [4.78, 5) is 27.3. The Kier molecular flexibility index (Phi) is 7.02. The lowest BCUT2D eigenvalue weighted by Crippen LogP contribution is -2.51. The van der Waals surface area contributed by atoms with Gasteiger partial charge >= 0.3 is 12.3 Å². The number of nitrogens with zero attached hydrogens (tertiary/aromatic N) is 3. The number of aromatic nitrogens is 2. The van der Waals surface area contributed by atoms with Crippen LogP contribution in [-0.4, -0.2) is 45.4 Å².